The van der Waals surface area contributed by atoms with Gasteiger partial charge in [0.25, 0.3) is 0 Å². The molecule has 13 nitrogen and oxygen atoms in total. The normalized spacial score (nSPS) is 24.0. The van der Waals surface area contributed by atoms with Crippen molar-refractivity contribution in [1.29, 1.82) is 0 Å². The van der Waals surface area contributed by atoms with Gasteiger partial charge < -0.3 is 46.0 Å². The number of phosphoric ester groups is 1. The third-order valence-electron chi connectivity index (χ3n) is 11.1. The monoisotopic (exact) mass is 838 g/mol. The predicted molar refractivity (Wildman–Crippen MR) is 224 cm³/mol. The van der Waals surface area contributed by atoms with Gasteiger partial charge in [0.2, 0.25) is 5.91 Å². The van der Waals surface area contributed by atoms with Crippen LogP contribution >= 0.6 is 7.82 Å². The van der Waals surface area contributed by atoms with E-state index in [4.69, 9.17) is 9.05 Å². The Morgan fingerprint density at radius 1 is 0.596 bits per heavy atom. The van der Waals surface area contributed by atoms with Crippen molar-refractivity contribution >= 4 is 13.7 Å². The molecule has 0 bridgehead atoms. The number of rotatable bonds is 37. The highest BCUT2D eigenvalue weighted by atomic mass is 31.2. The lowest BCUT2D eigenvalue weighted by Crippen LogP contribution is -2.64. The Bertz CT molecular complexity index is 1040. The van der Waals surface area contributed by atoms with Crippen LogP contribution in [0, 0.1) is 0 Å². The number of aliphatic hydroxyl groups is 7. The Hall–Kier alpha value is -0.960. The van der Waals surface area contributed by atoms with Gasteiger partial charge in [0.1, 0.15) is 36.6 Å². The molecule has 0 aromatic heterocycles. The number of hydrogen-bond donors (Lipinski definition) is 9. The van der Waals surface area contributed by atoms with Crippen molar-refractivity contribution in [3.8, 4) is 0 Å². The summed E-state index contributed by atoms with van der Waals surface area (Å²) < 4.78 is 22.9. The number of allylic oxidation sites excluding steroid dienone is 2. The molecule has 0 saturated heterocycles. The van der Waals surface area contributed by atoms with Gasteiger partial charge in [-0.25, -0.2) is 4.57 Å². The van der Waals surface area contributed by atoms with Crippen LogP contribution in [0.2, 0.25) is 0 Å². The van der Waals surface area contributed by atoms with Crippen LogP contribution in [0.15, 0.2) is 12.2 Å². The Kier molecular flexibility index (Phi) is 32.0. The maximum atomic E-state index is 13.0. The van der Waals surface area contributed by atoms with Crippen LogP contribution in [0.4, 0.5) is 0 Å². The van der Waals surface area contributed by atoms with Gasteiger partial charge in [0, 0.05) is 0 Å². The summed E-state index contributed by atoms with van der Waals surface area (Å²) in [5, 5.41) is 74.5. The molecule has 0 radical (unpaired) electrons. The van der Waals surface area contributed by atoms with Gasteiger partial charge in [0.15, 0.2) is 0 Å². The SMILES string of the molecule is CCCCCCCC/C=C\CCCCCCCC(O)CC(=O)NC(COP(=O)(O)OC1C(O)C(O)C(O)C(O)C1O)C(O)CCCCCCCCCCCCCC. The van der Waals surface area contributed by atoms with Crippen molar-refractivity contribution in [2.24, 2.45) is 0 Å². The van der Waals surface area contributed by atoms with Crippen LogP contribution in [0.25, 0.3) is 0 Å². The third-order valence-corrected chi connectivity index (χ3v) is 12.1. The molecule has 0 aromatic rings. The Labute approximate surface area is 344 Å². The lowest BCUT2D eigenvalue weighted by atomic mass is 9.85. The molecule has 8 atom stereocenters. The van der Waals surface area contributed by atoms with E-state index in [-0.39, 0.29) is 12.8 Å². The van der Waals surface area contributed by atoms with Crippen LogP contribution in [0.1, 0.15) is 194 Å². The molecule has 9 N–H and O–H groups in total. The molecular formula is C43H84NO12P. The molecule has 1 aliphatic carbocycles. The second-order valence-corrected chi connectivity index (χ2v) is 17.8. The molecule has 0 aliphatic heterocycles. The van der Waals surface area contributed by atoms with Gasteiger partial charge in [-0.05, 0) is 38.5 Å². The van der Waals surface area contributed by atoms with E-state index >= 15 is 0 Å². The highest BCUT2D eigenvalue weighted by Crippen LogP contribution is 2.47. The summed E-state index contributed by atoms with van der Waals surface area (Å²) in [6.45, 7) is 3.76. The fourth-order valence-corrected chi connectivity index (χ4v) is 8.32. The van der Waals surface area contributed by atoms with Crippen molar-refractivity contribution in [2.45, 2.75) is 249 Å². The average molecular weight is 838 g/mol. The zero-order chi connectivity index (χ0) is 42.3. The van der Waals surface area contributed by atoms with Crippen LogP contribution in [-0.4, -0.2) is 108 Å². The van der Waals surface area contributed by atoms with Gasteiger partial charge >= 0.3 is 7.82 Å². The first kappa shape index (κ1) is 54.1. The maximum absolute atomic E-state index is 13.0. The van der Waals surface area contributed by atoms with E-state index in [0.29, 0.717) is 12.8 Å². The molecule has 0 spiro atoms. The molecule has 8 unspecified atom stereocenters. The number of hydrogen-bond acceptors (Lipinski definition) is 11. The second-order valence-electron chi connectivity index (χ2n) is 16.4. The first-order valence-electron chi connectivity index (χ1n) is 22.7. The Morgan fingerprint density at radius 2 is 0.982 bits per heavy atom. The summed E-state index contributed by atoms with van der Waals surface area (Å²) in [5.74, 6) is -0.565. The number of nitrogens with one attached hydrogen (secondary N) is 1. The van der Waals surface area contributed by atoms with E-state index in [0.717, 1.165) is 70.6 Å². The minimum atomic E-state index is -5.11. The van der Waals surface area contributed by atoms with Crippen LogP contribution in [0.3, 0.4) is 0 Å². The first-order valence-corrected chi connectivity index (χ1v) is 24.2. The largest absolute Gasteiger partial charge is 0.472 e. The molecule has 1 rings (SSSR count). The smallest absolute Gasteiger partial charge is 0.393 e. The van der Waals surface area contributed by atoms with Crippen molar-refractivity contribution in [3.05, 3.63) is 12.2 Å². The standard InChI is InChI=1S/C43H84NO12P/c1-3-5-7-9-11-13-15-17-18-19-20-22-24-26-28-30-34(45)32-37(47)44-35(36(46)31-29-27-25-23-21-16-14-12-10-8-6-4-2)33-55-57(53,54)56-43-41(51)39(49)38(48)40(50)42(43)52/h17-18,34-36,38-43,45-46,48-52H,3-16,19-33H2,1-2H3,(H,44,47)(H,53,54)/b18-17-. The Morgan fingerprint density at radius 3 is 1.44 bits per heavy atom. The lowest BCUT2D eigenvalue weighted by Gasteiger charge is -2.41. The van der Waals surface area contributed by atoms with E-state index in [2.05, 4.69) is 31.3 Å². The molecule has 338 valence electrons. The summed E-state index contributed by atoms with van der Waals surface area (Å²) in [7, 11) is -5.11. The number of phosphoric acid groups is 1. The summed E-state index contributed by atoms with van der Waals surface area (Å²) in [6.07, 6.45) is 19.8. The average Bonchev–Trinajstić information content (AvgIpc) is 3.18. The van der Waals surface area contributed by atoms with Crippen LogP contribution < -0.4 is 5.32 Å². The van der Waals surface area contributed by atoms with Crippen LogP contribution in [0.5, 0.6) is 0 Å². The van der Waals surface area contributed by atoms with Gasteiger partial charge in [-0.3, -0.25) is 13.8 Å². The topological polar surface area (TPSA) is 226 Å². The summed E-state index contributed by atoms with van der Waals surface area (Å²) in [5.41, 5.74) is 0. The van der Waals surface area contributed by atoms with E-state index in [1.807, 2.05) is 0 Å². The lowest BCUT2D eigenvalue weighted by molar-refractivity contribution is -0.220. The number of amides is 1. The van der Waals surface area contributed by atoms with Gasteiger partial charge in [0.05, 0.1) is 31.3 Å². The molecule has 1 saturated carbocycles. The molecule has 0 aromatic carbocycles. The molecule has 0 heterocycles. The molecule has 1 aliphatic rings. The quantitative estimate of drug-likeness (QED) is 0.0175. The van der Waals surface area contributed by atoms with Crippen molar-refractivity contribution in [1.82, 2.24) is 5.32 Å². The number of unbranched alkanes of at least 4 members (excludes halogenated alkanes) is 22. The van der Waals surface area contributed by atoms with Gasteiger partial charge in [-0.1, -0.05) is 161 Å². The number of carbonyl (C=O) groups is 1. The fourth-order valence-electron chi connectivity index (χ4n) is 7.36. The van der Waals surface area contributed by atoms with E-state index in [1.54, 1.807) is 0 Å². The first-order chi connectivity index (χ1) is 27.3. The van der Waals surface area contributed by atoms with Crippen molar-refractivity contribution < 1.29 is 59.0 Å². The van der Waals surface area contributed by atoms with Crippen molar-refractivity contribution in [2.75, 3.05) is 6.61 Å². The molecule has 1 fully saturated rings. The van der Waals surface area contributed by atoms with Crippen LogP contribution in [-0.2, 0) is 18.4 Å². The minimum absolute atomic E-state index is 0.225. The van der Waals surface area contributed by atoms with E-state index in [9.17, 15) is 50.0 Å². The summed E-state index contributed by atoms with van der Waals surface area (Å²) in [4.78, 5) is 23.4. The number of aliphatic hydroxyl groups excluding tert-OH is 7. The number of carbonyl (C=O) groups excluding carboxylic acids is 1. The second kappa shape index (κ2) is 33.7. The fraction of sp³-hybridized carbons (Fsp3) is 0.930. The maximum Gasteiger partial charge on any atom is 0.472 e. The zero-order valence-corrected chi connectivity index (χ0v) is 36.4. The van der Waals surface area contributed by atoms with E-state index in [1.165, 1.54) is 83.5 Å². The molecular weight excluding hydrogens is 753 g/mol. The van der Waals surface area contributed by atoms with Gasteiger partial charge in [-0.15, -0.1) is 0 Å². The molecule has 14 heteroatoms. The van der Waals surface area contributed by atoms with E-state index < -0.39 is 75.2 Å². The third kappa shape index (κ3) is 26.1. The summed E-state index contributed by atoms with van der Waals surface area (Å²) >= 11 is 0. The minimum Gasteiger partial charge on any atom is -0.393 e. The zero-order valence-electron chi connectivity index (χ0n) is 35.5. The van der Waals surface area contributed by atoms with Crippen molar-refractivity contribution in [3.63, 3.8) is 0 Å². The Balaban J connectivity index is 2.54. The predicted octanol–water partition coefficient (Wildman–Crippen LogP) is 7.03. The van der Waals surface area contributed by atoms with Gasteiger partial charge in [-0.2, -0.15) is 0 Å². The summed E-state index contributed by atoms with van der Waals surface area (Å²) in [6, 6.07) is -1.15. The highest BCUT2D eigenvalue weighted by molar-refractivity contribution is 7.47. The molecule has 57 heavy (non-hydrogen) atoms. The molecule has 1 amide bonds. The highest BCUT2D eigenvalue weighted by Gasteiger charge is 2.51.